The predicted molar refractivity (Wildman–Crippen MR) is 96.7 cm³/mol. The second kappa shape index (κ2) is 8.03. The number of hydrogen-bond acceptors (Lipinski definition) is 6. The van der Waals surface area contributed by atoms with Crippen LogP contribution in [-0.2, 0) is 21.6 Å². The fraction of sp³-hybridized carbons (Fsp3) is 0.471. The quantitative estimate of drug-likeness (QED) is 0.762. The van der Waals surface area contributed by atoms with Gasteiger partial charge in [-0.25, -0.2) is 4.98 Å². The molecule has 0 bridgehead atoms. The zero-order valence-corrected chi connectivity index (χ0v) is 15.6. The van der Waals surface area contributed by atoms with Gasteiger partial charge in [0.25, 0.3) is 0 Å². The number of benzene rings is 1. The molecule has 130 valence electrons. The number of nitrogens with zero attached hydrogens (tertiary/aromatic N) is 1. The van der Waals surface area contributed by atoms with E-state index in [4.69, 9.17) is 15.2 Å². The molecule has 7 heteroatoms. The lowest BCUT2D eigenvalue weighted by Gasteiger charge is -2.41. The maximum absolute atomic E-state index is 9.80. The van der Waals surface area contributed by atoms with Crippen molar-refractivity contribution in [2.75, 3.05) is 19.8 Å². The molecule has 3 atom stereocenters. The van der Waals surface area contributed by atoms with Gasteiger partial charge in [0.2, 0.25) is 0 Å². The van der Waals surface area contributed by atoms with E-state index in [1.807, 2.05) is 35.7 Å². The van der Waals surface area contributed by atoms with Crippen LogP contribution in [0.5, 0.6) is 0 Å². The molecule has 3 rings (SSSR count). The van der Waals surface area contributed by atoms with Gasteiger partial charge in [-0.05, 0) is 27.9 Å². The molecule has 0 unspecified atom stereocenters. The van der Waals surface area contributed by atoms with Gasteiger partial charge in [0.15, 0.2) is 0 Å². The summed E-state index contributed by atoms with van der Waals surface area (Å²) in [5.41, 5.74) is 6.92. The first-order chi connectivity index (χ1) is 11.6. The van der Waals surface area contributed by atoms with Crippen LogP contribution in [0.25, 0.3) is 0 Å². The summed E-state index contributed by atoms with van der Waals surface area (Å²) in [5.74, 6) is -0.102. The lowest BCUT2D eigenvalue weighted by molar-refractivity contribution is -0.105. The molecular formula is C17H21BrN2O3S. The summed E-state index contributed by atoms with van der Waals surface area (Å²) in [5, 5.41) is 12.5. The molecule has 2 aromatic rings. The molecule has 24 heavy (non-hydrogen) atoms. The summed E-state index contributed by atoms with van der Waals surface area (Å²) in [6, 6.07) is 10.0. The maximum Gasteiger partial charge on any atom is 0.117 e. The predicted octanol–water partition coefficient (Wildman–Crippen LogP) is 2.67. The summed E-state index contributed by atoms with van der Waals surface area (Å²) in [4.78, 5) is 4.42. The van der Waals surface area contributed by atoms with Gasteiger partial charge in [0, 0.05) is 17.9 Å². The average Bonchev–Trinajstić information content (AvgIpc) is 3.04. The highest BCUT2D eigenvalue weighted by molar-refractivity contribution is 9.10. The van der Waals surface area contributed by atoms with E-state index < -0.39 is 5.54 Å². The van der Waals surface area contributed by atoms with Gasteiger partial charge in [0.05, 0.1) is 31.5 Å². The van der Waals surface area contributed by atoms with Crippen LogP contribution in [0.15, 0.2) is 40.3 Å². The first kappa shape index (κ1) is 18.0. The highest BCUT2D eigenvalue weighted by Gasteiger charge is 2.44. The summed E-state index contributed by atoms with van der Waals surface area (Å²) in [6.45, 7) is 1.38. The van der Waals surface area contributed by atoms with Gasteiger partial charge < -0.3 is 20.3 Å². The van der Waals surface area contributed by atoms with E-state index in [1.165, 1.54) is 11.3 Å². The number of halogens is 1. The molecule has 0 amide bonds. The second-order valence-corrected chi connectivity index (χ2v) is 7.74. The Labute approximate surface area is 153 Å². The largest absolute Gasteiger partial charge is 0.396 e. The van der Waals surface area contributed by atoms with Gasteiger partial charge in [-0.15, -0.1) is 11.3 Å². The summed E-state index contributed by atoms with van der Waals surface area (Å²) >= 11 is 4.84. The molecule has 1 aromatic carbocycles. The van der Waals surface area contributed by atoms with Gasteiger partial charge in [-0.1, -0.05) is 30.3 Å². The maximum atomic E-state index is 9.80. The Morgan fingerprint density at radius 3 is 2.88 bits per heavy atom. The number of rotatable bonds is 6. The first-order valence-electron chi connectivity index (χ1n) is 7.86. The summed E-state index contributed by atoms with van der Waals surface area (Å²) < 4.78 is 12.4. The van der Waals surface area contributed by atoms with Crippen LogP contribution >= 0.6 is 27.3 Å². The van der Waals surface area contributed by atoms with Crippen molar-refractivity contribution < 1.29 is 14.6 Å². The van der Waals surface area contributed by atoms with Crippen molar-refractivity contribution in [1.29, 1.82) is 0 Å². The van der Waals surface area contributed by atoms with Crippen LogP contribution in [-0.4, -0.2) is 36.0 Å². The fourth-order valence-corrected chi connectivity index (χ4v) is 4.34. The Kier molecular flexibility index (Phi) is 6.02. The van der Waals surface area contributed by atoms with Gasteiger partial charge in [-0.2, -0.15) is 0 Å². The molecule has 2 heterocycles. The molecule has 1 aliphatic heterocycles. The van der Waals surface area contributed by atoms with E-state index in [2.05, 4.69) is 20.9 Å². The molecule has 1 aromatic heterocycles. The van der Waals surface area contributed by atoms with E-state index in [0.29, 0.717) is 26.2 Å². The fourth-order valence-electron chi connectivity index (χ4n) is 2.91. The van der Waals surface area contributed by atoms with Crippen molar-refractivity contribution in [2.45, 2.75) is 24.7 Å². The van der Waals surface area contributed by atoms with Crippen LogP contribution < -0.4 is 5.73 Å². The highest BCUT2D eigenvalue weighted by Crippen LogP contribution is 2.37. The highest BCUT2D eigenvalue weighted by atomic mass is 79.9. The van der Waals surface area contributed by atoms with Crippen molar-refractivity contribution in [3.63, 3.8) is 0 Å². The Hall–Kier alpha value is -0.830. The Balaban J connectivity index is 1.56. The lowest BCUT2D eigenvalue weighted by Crippen LogP contribution is -2.55. The third kappa shape index (κ3) is 4.04. The minimum absolute atomic E-state index is 0.00619. The minimum atomic E-state index is -0.749. The third-order valence-corrected chi connectivity index (χ3v) is 6.09. The second-order valence-electron chi connectivity index (χ2n) is 6.06. The smallest absolute Gasteiger partial charge is 0.117 e. The number of aromatic nitrogens is 1. The van der Waals surface area contributed by atoms with Crippen LogP contribution in [0.3, 0.4) is 0 Å². The van der Waals surface area contributed by atoms with Crippen LogP contribution in [0.2, 0.25) is 0 Å². The Morgan fingerprint density at radius 1 is 1.42 bits per heavy atom. The lowest BCUT2D eigenvalue weighted by atomic mass is 9.80. The normalized spacial score (nSPS) is 27.3. The number of aliphatic hydroxyl groups is 1. The molecule has 1 saturated heterocycles. The molecule has 0 spiro atoms. The number of nitrogens with two attached hydrogens (primary N) is 1. The average molecular weight is 413 g/mol. The van der Waals surface area contributed by atoms with E-state index in [1.54, 1.807) is 0 Å². The number of aliphatic hydroxyl groups excluding tert-OH is 1. The van der Waals surface area contributed by atoms with E-state index in [9.17, 15) is 5.11 Å². The number of hydrogen-bond donors (Lipinski definition) is 2. The van der Waals surface area contributed by atoms with E-state index in [0.717, 1.165) is 15.2 Å². The topological polar surface area (TPSA) is 77.6 Å². The minimum Gasteiger partial charge on any atom is -0.396 e. The van der Waals surface area contributed by atoms with Crippen LogP contribution in [0.4, 0.5) is 0 Å². The molecule has 1 fully saturated rings. The van der Waals surface area contributed by atoms with Crippen molar-refractivity contribution in [3.8, 4) is 0 Å². The van der Waals surface area contributed by atoms with Crippen molar-refractivity contribution in [3.05, 3.63) is 50.9 Å². The molecule has 0 aliphatic carbocycles. The Morgan fingerprint density at radius 2 is 2.21 bits per heavy atom. The van der Waals surface area contributed by atoms with Gasteiger partial charge >= 0.3 is 0 Å². The standard InChI is InChI=1S/C17H21BrN2O3S/c18-15-10-24-16(20-15)17(19)11-23-14(6-13(17)7-21)9-22-8-12-4-2-1-3-5-12/h1-5,10,13-14,21H,6-9,11,19H2/t13-,14+,17-/m0/s1. The molecule has 3 N–H and O–H groups in total. The number of ether oxygens (including phenoxy) is 2. The van der Waals surface area contributed by atoms with Crippen LogP contribution in [0.1, 0.15) is 17.0 Å². The zero-order chi connectivity index (χ0) is 17.0. The van der Waals surface area contributed by atoms with E-state index in [-0.39, 0.29) is 18.6 Å². The monoisotopic (exact) mass is 412 g/mol. The number of thiazole rings is 1. The molecule has 5 nitrogen and oxygen atoms in total. The van der Waals surface area contributed by atoms with Crippen molar-refractivity contribution in [2.24, 2.45) is 11.7 Å². The van der Waals surface area contributed by atoms with Gasteiger partial charge in [-0.3, -0.25) is 0 Å². The van der Waals surface area contributed by atoms with Gasteiger partial charge in [0.1, 0.15) is 9.61 Å². The third-order valence-electron chi connectivity index (χ3n) is 4.34. The molecular weight excluding hydrogens is 392 g/mol. The van der Waals surface area contributed by atoms with E-state index >= 15 is 0 Å². The summed E-state index contributed by atoms with van der Waals surface area (Å²) in [7, 11) is 0. The summed E-state index contributed by atoms with van der Waals surface area (Å²) in [6.07, 6.45) is 0.588. The first-order valence-corrected chi connectivity index (χ1v) is 9.53. The molecule has 0 saturated carbocycles. The zero-order valence-electron chi connectivity index (χ0n) is 13.2. The Bertz CT molecular complexity index is 654. The van der Waals surface area contributed by atoms with Crippen LogP contribution in [0, 0.1) is 5.92 Å². The SMILES string of the molecule is N[C@@]1(c2nc(Br)cs2)CO[C@@H](COCc2ccccc2)C[C@H]1CO. The molecule has 0 radical (unpaired) electrons. The van der Waals surface area contributed by atoms with Crippen molar-refractivity contribution in [1.82, 2.24) is 4.98 Å². The van der Waals surface area contributed by atoms with Crippen molar-refractivity contribution >= 4 is 27.3 Å². The molecule has 1 aliphatic rings.